The van der Waals surface area contributed by atoms with Gasteiger partial charge in [-0.1, -0.05) is 36.0 Å². The third kappa shape index (κ3) is 5.69. The van der Waals surface area contributed by atoms with Gasteiger partial charge >= 0.3 is 0 Å². The Balaban J connectivity index is 1.63. The first-order valence-corrected chi connectivity index (χ1v) is 10.9. The van der Waals surface area contributed by atoms with Crippen LogP contribution >= 0.6 is 11.8 Å². The van der Waals surface area contributed by atoms with Crippen LogP contribution in [0.1, 0.15) is 41.6 Å². The lowest BCUT2D eigenvalue weighted by Gasteiger charge is -2.15. The number of anilines is 1. The number of carbonyl (C=O) groups is 2. The quantitative estimate of drug-likeness (QED) is 0.517. The smallest absolute Gasteiger partial charge is 0.251 e. The molecule has 0 aliphatic rings. The van der Waals surface area contributed by atoms with Crippen molar-refractivity contribution in [1.82, 2.24) is 20.1 Å². The number of aromatic nitrogens is 3. The number of aryl methyl sites for hydroxylation is 1. The Hall–Kier alpha value is -3.20. The third-order valence-corrected chi connectivity index (χ3v) is 5.61. The van der Waals surface area contributed by atoms with E-state index in [0.29, 0.717) is 28.8 Å². The maximum Gasteiger partial charge on any atom is 0.251 e. The predicted octanol–water partition coefficient (Wildman–Crippen LogP) is 3.97. The number of nitrogens with one attached hydrogen (secondary N) is 2. The van der Waals surface area contributed by atoms with Gasteiger partial charge in [0.1, 0.15) is 5.82 Å². The molecule has 2 aromatic carbocycles. The Morgan fingerprint density at radius 1 is 1.16 bits per heavy atom. The zero-order chi connectivity index (χ0) is 22.4. The van der Waals surface area contributed by atoms with E-state index in [-0.39, 0.29) is 23.6 Å². The van der Waals surface area contributed by atoms with Crippen LogP contribution < -0.4 is 10.6 Å². The zero-order valence-corrected chi connectivity index (χ0v) is 18.4. The summed E-state index contributed by atoms with van der Waals surface area (Å²) in [7, 11) is 0. The summed E-state index contributed by atoms with van der Waals surface area (Å²) in [5, 5.41) is 14.6. The Labute approximate surface area is 184 Å². The first-order chi connectivity index (χ1) is 14.9. The summed E-state index contributed by atoms with van der Waals surface area (Å²) < 4.78 is 15.3. The van der Waals surface area contributed by atoms with E-state index in [9.17, 15) is 14.0 Å². The highest BCUT2D eigenvalue weighted by Crippen LogP contribution is 2.22. The summed E-state index contributed by atoms with van der Waals surface area (Å²) in [6, 6.07) is 12.8. The number of rotatable bonds is 8. The molecular weight excluding hydrogens is 417 g/mol. The molecule has 0 saturated heterocycles. The van der Waals surface area contributed by atoms with Gasteiger partial charge in [-0.05, 0) is 50.6 Å². The Bertz CT molecular complexity index is 1070. The van der Waals surface area contributed by atoms with Crippen LogP contribution in [0.5, 0.6) is 0 Å². The zero-order valence-electron chi connectivity index (χ0n) is 17.6. The van der Waals surface area contributed by atoms with Crippen molar-refractivity contribution in [2.24, 2.45) is 0 Å². The largest absolute Gasteiger partial charge is 0.342 e. The van der Waals surface area contributed by atoms with Gasteiger partial charge in [-0.3, -0.25) is 9.59 Å². The topological polar surface area (TPSA) is 88.9 Å². The number of thioether (sulfide) groups is 1. The highest BCUT2D eigenvalue weighted by molar-refractivity contribution is 7.99. The van der Waals surface area contributed by atoms with Crippen LogP contribution in [-0.4, -0.2) is 32.3 Å². The molecule has 1 heterocycles. The van der Waals surface area contributed by atoms with Crippen molar-refractivity contribution in [1.29, 1.82) is 0 Å². The minimum atomic E-state index is -0.407. The molecule has 2 N–H and O–H groups in total. The van der Waals surface area contributed by atoms with Gasteiger partial charge in [0.05, 0.1) is 11.8 Å². The van der Waals surface area contributed by atoms with Gasteiger partial charge in [0.25, 0.3) is 5.91 Å². The van der Waals surface area contributed by atoms with Gasteiger partial charge in [0.15, 0.2) is 11.0 Å². The van der Waals surface area contributed by atoms with E-state index >= 15 is 0 Å². The van der Waals surface area contributed by atoms with Gasteiger partial charge < -0.3 is 15.2 Å². The SMILES string of the molecule is CCn1c(SCC(=O)Nc2cc(F)ccc2C)nnc1[C@@H](C)NC(=O)c1ccccc1. The van der Waals surface area contributed by atoms with Crippen molar-refractivity contribution in [3.63, 3.8) is 0 Å². The lowest BCUT2D eigenvalue weighted by Crippen LogP contribution is -2.28. The van der Waals surface area contributed by atoms with Crippen molar-refractivity contribution in [2.45, 2.75) is 38.5 Å². The number of halogens is 1. The normalized spacial score (nSPS) is 11.7. The average Bonchev–Trinajstić information content (AvgIpc) is 3.18. The van der Waals surface area contributed by atoms with E-state index in [1.807, 2.05) is 24.5 Å². The first kappa shape index (κ1) is 22.5. The predicted molar refractivity (Wildman–Crippen MR) is 119 cm³/mol. The van der Waals surface area contributed by atoms with Crippen molar-refractivity contribution in [3.8, 4) is 0 Å². The Kier molecular flexibility index (Phi) is 7.41. The number of hydrogen-bond donors (Lipinski definition) is 2. The molecule has 0 unspecified atom stereocenters. The van der Waals surface area contributed by atoms with Crippen LogP contribution in [0.15, 0.2) is 53.7 Å². The summed E-state index contributed by atoms with van der Waals surface area (Å²) in [6.45, 7) is 6.16. The fraction of sp³-hybridized carbons (Fsp3) is 0.273. The molecule has 162 valence electrons. The fourth-order valence-electron chi connectivity index (χ4n) is 3.00. The van der Waals surface area contributed by atoms with Crippen molar-refractivity contribution >= 4 is 29.3 Å². The van der Waals surface area contributed by atoms with Gasteiger partial charge in [0.2, 0.25) is 5.91 Å². The lowest BCUT2D eigenvalue weighted by atomic mass is 10.2. The standard InChI is InChI=1S/C22H24FN5O2S/c1-4-28-20(15(3)24-21(30)16-8-6-5-7-9-16)26-27-22(28)31-13-19(29)25-18-12-17(23)11-10-14(18)2/h5-12,15H,4,13H2,1-3H3,(H,24,30)(H,25,29)/t15-/m1/s1. The van der Waals surface area contributed by atoms with Gasteiger partial charge in [-0.25, -0.2) is 4.39 Å². The van der Waals surface area contributed by atoms with E-state index in [4.69, 9.17) is 0 Å². The molecule has 0 bridgehead atoms. The molecule has 31 heavy (non-hydrogen) atoms. The molecule has 3 rings (SSSR count). The van der Waals surface area contributed by atoms with Crippen LogP contribution in [0, 0.1) is 12.7 Å². The van der Waals surface area contributed by atoms with Crippen molar-refractivity contribution < 1.29 is 14.0 Å². The third-order valence-electron chi connectivity index (χ3n) is 4.64. The average molecular weight is 442 g/mol. The second-order valence-electron chi connectivity index (χ2n) is 6.94. The highest BCUT2D eigenvalue weighted by Gasteiger charge is 2.20. The Morgan fingerprint density at radius 2 is 1.90 bits per heavy atom. The lowest BCUT2D eigenvalue weighted by molar-refractivity contribution is -0.113. The van der Waals surface area contributed by atoms with E-state index in [2.05, 4.69) is 20.8 Å². The molecule has 1 aromatic heterocycles. The van der Waals surface area contributed by atoms with E-state index in [0.717, 1.165) is 5.56 Å². The number of benzene rings is 2. The van der Waals surface area contributed by atoms with Gasteiger partial charge in [0, 0.05) is 17.8 Å². The van der Waals surface area contributed by atoms with E-state index in [1.54, 1.807) is 37.3 Å². The summed E-state index contributed by atoms with van der Waals surface area (Å²) in [6.07, 6.45) is 0. The molecule has 0 radical (unpaired) electrons. The van der Waals surface area contributed by atoms with Crippen molar-refractivity contribution in [2.75, 3.05) is 11.1 Å². The van der Waals surface area contributed by atoms with Crippen LogP contribution in [0.2, 0.25) is 0 Å². The van der Waals surface area contributed by atoms with E-state index < -0.39 is 5.82 Å². The molecule has 0 aliphatic heterocycles. The molecule has 3 aromatic rings. The number of hydrogen-bond acceptors (Lipinski definition) is 5. The van der Waals surface area contributed by atoms with Crippen LogP contribution in [0.3, 0.4) is 0 Å². The summed E-state index contributed by atoms with van der Waals surface area (Å²) in [5.41, 5.74) is 1.79. The van der Waals surface area contributed by atoms with Crippen LogP contribution in [0.4, 0.5) is 10.1 Å². The molecular formula is C22H24FN5O2S. The molecule has 9 heteroatoms. The molecule has 7 nitrogen and oxygen atoms in total. The molecule has 0 aliphatic carbocycles. The summed E-state index contributed by atoms with van der Waals surface area (Å²) in [5.74, 6) is -0.168. The molecule has 1 atom stereocenters. The second kappa shape index (κ2) is 10.2. The van der Waals surface area contributed by atoms with E-state index in [1.165, 1.54) is 23.9 Å². The van der Waals surface area contributed by atoms with Gasteiger partial charge in [-0.15, -0.1) is 10.2 Å². The molecule has 0 fully saturated rings. The van der Waals surface area contributed by atoms with Crippen LogP contribution in [0.25, 0.3) is 0 Å². The second-order valence-corrected chi connectivity index (χ2v) is 7.88. The first-order valence-electron chi connectivity index (χ1n) is 9.86. The molecule has 0 spiro atoms. The monoisotopic (exact) mass is 441 g/mol. The summed E-state index contributed by atoms with van der Waals surface area (Å²) >= 11 is 1.23. The Morgan fingerprint density at radius 3 is 2.61 bits per heavy atom. The fourth-order valence-corrected chi connectivity index (χ4v) is 3.81. The molecule has 0 saturated carbocycles. The van der Waals surface area contributed by atoms with Crippen LogP contribution in [-0.2, 0) is 11.3 Å². The summed E-state index contributed by atoms with van der Waals surface area (Å²) in [4.78, 5) is 24.7. The van der Waals surface area contributed by atoms with Crippen molar-refractivity contribution in [3.05, 3.63) is 71.3 Å². The minimum Gasteiger partial charge on any atom is -0.342 e. The minimum absolute atomic E-state index is 0.0961. The maximum atomic E-state index is 13.4. The van der Waals surface area contributed by atoms with Gasteiger partial charge in [-0.2, -0.15) is 0 Å². The number of carbonyl (C=O) groups excluding carboxylic acids is 2. The highest BCUT2D eigenvalue weighted by atomic mass is 32.2. The maximum absolute atomic E-state index is 13.4. The number of amides is 2. The number of nitrogens with zero attached hydrogens (tertiary/aromatic N) is 3. The molecule has 2 amide bonds.